The van der Waals surface area contributed by atoms with Crippen molar-refractivity contribution in [1.82, 2.24) is 4.90 Å². The summed E-state index contributed by atoms with van der Waals surface area (Å²) in [7, 11) is 0. The Kier molecular flexibility index (Phi) is 6.90. The van der Waals surface area contributed by atoms with Crippen molar-refractivity contribution in [2.24, 2.45) is 0 Å². The summed E-state index contributed by atoms with van der Waals surface area (Å²) in [4.78, 5) is 14.9. The van der Waals surface area contributed by atoms with E-state index in [1.165, 1.54) is 0 Å². The van der Waals surface area contributed by atoms with Crippen molar-refractivity contribution in [3.63, 3.8) is 0 Å². The lowest BCUT2D eigenvalue weighted by Crippen LogP contribution is -2.32. The first-order valence-corrected chi connectivity index (χ1v) is 8.94. The second kappa shape index (κ2) is 8.92. The standard InChI is InChI=1S/C19H30N2O2/c1-4-6-10-21(11-7-5-2)14-18(22)16-8-9-19-17(12-16)20-13-15(3)23-19/h8-9,12,15,20H,4-7,10-11,13-14H2,1-3H3. The minimum Gasteiger partial charge on any atom is -0.487 e. The molecule has 1 N–H and O–H groups in total. The molecule has 4 heteroatoms. The molecule has 2 rings (SSSR count). The van der Waals surface area contributed by atoms with Gasteiger partial charge in [-0.2, -0.15) is 0 Å². The van der Waals surface area contributed by atoms with Crippen LogP contribution >= 0.6 is 0 Å². The topological polar surface area (TPSA) is 41.6 Å². The number of benzene rings is 1. The maximum Gasteiger partial charge on any atom is 0.176 e. The fourth-order valence-corrected chi connectivity index (χ4v) is 2.78. The van der Waals surface area contributed by atoms with Crippen LogP contribution in [0.5, 0.6) is 5.75 Å². The number of ether oxygens (including phenoxy) is 1. The molecule has 1 aromatic rings. The van der Waals surface area contributed by atoms with Crippen molar-refractivity contribution in [3.05, 3.63) is 23.8 Å². The minimum absolute atomic E-state index is 0.169. The summed E-state index contributed by atoms with van der Waals surface area (Å²) in [5.41, 5.74) is 1.70. The van der Waals surface area contributed by atoms with Crippen molar-refractivity contribution in [2.75, 3.05) is 31.5 Å². The molecule has 0 fully saturated rings. The molecule has 1 heterocycles. The van der Waals surface area contributed by atoms with Crippen LogP contribution in [0.2, 0.25) is 0 Å². The first-order chi connectivity index (χ1) is 11.1. The normalized spacial score (nSPS) is 16.6. The number of ketones is 1. The van der Waals surface area contributed by atoms with E-state index >= 15 is 0 Å². The number of Topliss-reactive ketones (excluding diaryl/α,β-unsaturated/α-hetero) is 1. The van der Waals surface area contributed by atoms with Crippen molar-refractivity contribution >= 4 is 11.5 Å². The Morgan fingerprint density at radius 2 is 1.96 bits per heavy atom. The summed E-state index contributed by atoms with van der Waals surface area (Å²) in [5.74, 6) is 1.04. The van der Waals surface area contributed by atoms with Gasteiger partial charge in [-0.3, -0.25) is 9.69 Å². The zero-order chi connectivity index (χ0) is 16.7. The van der Waals surface area contributed by atoms with Crippen molar-refractivity contribution < 1.29 is 9.53 Å². The van der Waals surface area contributed by atoms with Gasteiger partial charge in [-0.1, -0.05) is 26.7 Å². The third kappa shape index (κ3) is 5.24. The first kappa shape index (κ1) is 17.8. The molecule has 0 spiro atoms. The molecule has 0 amide bonds. The summed E-state index contributed by atoms with van der Waals surface area (Å²) in [6, 6.07) is 5.73. The Hall–Kier alpha value is -1.55. The maximum atomic E-state index is 12.6. The lowest BCUT2D eigenvalue weighted by molar-refractivity contribution is 0.0928. The van der Waals surface area contributed by atoms with Crippen molar-refractivity contribution in [2.45, 2.75) is 52.6 Å². The minimum atomic E-state index is 0.169. The van der Waals surface area contributed by atoms with Gasteiger partial charge in [0.2, 0.25) is 0 Å². The van der Waals surface area contributed by atoms with Crippen LogP contribution in [0.4, 0.5) is 5.69 Å². The molecule has 0 bridgehead atoms. The Morgan fingerprint density at radius 1 is 1.26 bits per heavy atom. The van der Waals surface area contributed by atoms with Crippen molar-refractivity contribution in [3.8, 4) is 5.75 Å². The largest absolute Gasteiger partial charge is 0.487 e. The molecule has 0 saturated carbocycles. The van der Waals surface area contributed by atoms with Crippen LogP contribution in [0, 0.1) is 0 Å². The van der Waals surface area contributed by atoms with Gasteiger partial charge in [0, 0.05) is 5.56 Å². The summed E-state index contributed by atoms with van der Waals surface area (Å²) >= 11 is 0. The predicted octanol–water partition coefficient (Wildman–Crippen LogP) is 3.96. The highest BCUT2D eigenvalue weighted by atomic mass is 16.5. The van der Waals surface area contributed by atoms with Gasteiger partial charge in [-0.05, 0) is 51.1 Å². The molecule has 0 saturated heterocycles. The van der Waals surface area contributed by atoms with Gasteiger partial charge in [-0.15, -0.1) is 0 Å². The smallest absolute Gasteiger partial charge is 0.176 e. The number of nitrogens with zero attached hydrogens (tertiary/aromatic N) is 1. The zero-order valence-electron chi connectivity index (χ0n) is 14.7. The number of rotatable bonds is 9. The van der Waals surface area contributed by atoms with Gasteiger partial charge in [0.25, 0.3) is 0 Å². The second-order valence-electron chi connectivity index (χ2n) is 6.43. The molecule has 0 aromatic heterocycles. The number of carbonyl (C=O) groups excluding carboxylic acids is 1. The number of hydrogen-bond donors (Lipinski definition) is 1. The van der Waals surface area contributed by atoms with E-state index in [9.17, 15) is 4.79 Å². The summed E-state index contributed by atoms with van der Waals surface area (Å²) in [5, 5.41) is 3.34. The van der Waals surface area contributed by atoms with E-state index in [1.54, 1.807) is 0 Å². The van der Waals surface area contributed by atoms with Gasteiger partial charge >= 0.3 is 0 Å². The molecule has 1 unspecified atom stereocenters. The average Bonchev–Trinajstić information content (AvgIpc) is 2.56. The van der Waals surface area contributed by atoms with Gasteiger partial charge in [0.1, 0.15) is 11.9 Å². The monoisotopic (exact) mass is 318 g/mol. The Labute approximate surface area is 140 Å². The first-order valence-electron chi connectivity index (χ1n) is 8.94. The average molecular weight is 318 g/mol. The maximum absolute atomic E-state index is 12.6. The lowest BCUT2D eigenvalue weighted by Gasteiger charge is -2.25. The molecule has 0 radical (unpaired) electrons. The highest BCUT2D eigenvalue weighted by molar-refractivity contribution is 5.98. The van der Waals surface area contributed by atoms with Crippen LogP contribution in [0.15, 0.2) is 18.2 Å². The number of carbonyl (C=O) groups is 1. The molecule has 0 aliphatic carbocycles. The number of nitrogens with one attached hydrogen (secondary N) is 1. The van der Waals surface area contributed by atoms with E-state index < -0.39 is 0 Å². The number of anilines is 1. The fourth-order valence-electron chi connectivity index (χ4n) is 2.78. The summed E-state index contributed by atoms with van der Waals surface area (Å²) in [6.07, 6.45) is 4.79. The van der Waals surface area contributed by atoms with E-state index in [1.807, 2.05) is 25.1 Å². The van der Waals surface area contributed by atoms with E-state index in [0.717, 1.165) is 62.3 Å². The lowest BCUT2D eigenvalue weighted by atomic mass is 10.1. The molecule has 1 aromatic carbocycles. The van der Waals surface area contributed by atoms with Crippen LogP contribution in [0.1, 0.15) is 56.8 Å². The van der Waals surface area contributed by atoms with E-state index in [4.69, 9.17) is 4.74 Å². The molecule has 4 nitrogen and oxygen atoms in total. The third-order valence-electron chi connectivity index (χ3n) is 4.23. The van der Waals surface area contributed by atoms with E-state index in [-0.39, 0.29) is 11.9 Å². The Morgan fingerprint density at radius 3 is 2.61 bits per heavy atom. The molecule has 1 aliphatic rings. The molecular formula is C19H30N2O2. The number of hydrogen-bond acceptors (Lipinski definition) is 4. The summed E-state index contributed by atoms with van der Waals surface area (Å²) in [6.45, 7) is 9.72. The Bertz CT molecular complexity index is 508. The van der Waals surface area contributed by atoms with Crippen LogP contribution in [-0.4, -0.2) is 43.0 Å². The van der Waals surface area contributed by atoms with Gasteiger partial charge in [-0.25, -0.2) is 0 Å². The molecule has 23 heavy (non-hydrogen) atoms. The number of unbranched alkanes of at least 4 members (excludes halogenated alkanes) is 2. The molecule has 1 aliphatic heterocycles. The van der Waals surface area contributed by atoms with Crippen molar-refractivity contribution in [1.29, 1.82) is 0 Å². The van der Waals surface area contributed by atoms with Crippen LogP contribution in [0.25, 0.3) is 0 Å². The second-order valence-corrected chi connectivity index (χ2v) is 6.43. The van der Waals surface area contributed by atoms with Gasteiger partial charge in [0.05, 0.1) is 18.8 Å². The van der Waals surface area contributed by atoms with Gasteiger partial charge in [0.15, 0.2) is 5.78 Å². The Balaban J connectivity index is 2.00. The quantitative estimate of drug-likeness (QED) is 0.700. The van der Waals surface area contributed by atoms with Gasteiger partial charge < -0.3 is 10.1 Å². The van der Waals surface area contributed by atoms with Crippen LogP contribution in [-0.2, 0) is 0 Å². The van der Waals surface area contributed by atoms with E-state index in [0.29, 0.717) is 6.54 Å². The highest BCUT2D eigenvalue weighted by Gasteiger charge is 2.18. The molecule has 128 valence electrons. The molecular weight excluding hydrogens is 288 g/mol. The SMILES string of the molecule is CCCCN(CCCC)CC(=O)c1ccc2c(c1)NCC(C)O2. The van der Waals surface area contributed by atoms with Crippen LogP contribution < -0.4 is 10.1 Å². The zero-order valence-corrected chi connectivity index (χ0v) is 14.7. The molecule has 1 atom stereocenters. The fraction of sp³-hybridized carbons (Fsp3) is 0.632. The van der Waals surface area contributed by atoms with Crippen LogP contribution in [0.3, 0.4) is 0 Å². The van der Waals surface area contributed by atoms with E-state index in [2.05, 4.69) is 24.1 Å². The third-order valence-corrected chi connectivity index (χ3v) is 4.23. The predicted molar refractivity (Wildman–Crippen MR) is 95.6 cm³/mol. The number of fused-ring (bicyclic) bond motifs is 1. The highest BCUT2D eigenvalue weighted by Crippen LogP contribution is 2.30. The summed E-state index contributed by atoms with van der Waals surface area (Å²) < 4.78 is 5.77.